The number of halogens is 2. The van der Waals surface area contributed by atoms with E-state index in [2.05, 4.69) is 11.0 Å². The molecule has 0 aromatic heterocycles. The second-order valence-electron chi connectivity index (χ2n) is 3.89. The van der Waals surface area contributed by atoms with Gasteiger partial charge in [-0.15, -0.1) is 12.1 Å². The normalized spacial score (nSPS) is 15.6. The first-order valence-electron chi connectivity index (χ1n) is 5.47. The van der Waals surface area contributed by atoms with Crippen molar-refractivity contribution in [2.75, 3.05) is 26.2 Å². The van der Waals surface area contributed by atoms with E-state index in [1.54, 1.807) is 12.1 Å². The number of likely N-dealkylation sites (tertiary alicyclic amines) is 1. The average Bonchev–Trinajstić information content (AvgIpc) is 2.74. The molecule has 0 amide bonds. The molecule has 1 aliphatic heterocycles. The molecule has 2 rings (SSSR count). The number of hydrogen-bond acceptors (Lipinski definition) is 2. The summed E-state index contributed by atoms with van der Waals surface area (Å²) in [5.41, 5.74) is 0. The first-order valence-corrected chi connectivity index (χ1v) is 6.23. The van der Waals surface area contributed by atoms with Crippen LogP contribution >= 0.6 is 23.2 Å². The van der Waals surface area contributed by atoms with Crippen LogP contribution in [0.2, 0.25) is 10.0 Å². The molecule has 1 heterocycles. The summed E-state index contributed by atoms with van der Waals surface area (Å²) in [6.45, 7) is 3.97. The Bertz CT molecular complexity index is 356. The largest absolute Gasteiger partial charge is 1.00 e. The standard InChI is InChI=1S/C12H14Cl2NO.Li/c13-10-3-4-12(11(14)9-10)16-8-7-15-5-1-2-6-15;/h3,9H,1-2,5-8H2;/q-1;+1. The third-order valence-electron chi connectivity index (χ3n) is 2.68. The Labute approximate surface area is 124 Å². The number of rotatable bonds is 4. The fourth-order valence-corrected chi connectivity index (χ4v) is 2.27. The summed E-state index contributed by atoms with van der Waals surface area (Å²) in [5.74, 6) is 0.588. The van der Waals surface area contributed by atoms with Crippen molar-refractivity contribution in [2.45, 2.75) is 12.8 Å². The van der Waals surface area contributed by atoms with Crippen LogP contribution in [0.3, 0.4) is 0 Å². The van der Waals surface area contributed by atoms with Crippen LogP contribution in [0, 0.1) is 6.07 Å². The number of benzene rings is 1. The molecule has 1 saturated heterocycles. The fraction of sp³-hybridized carbons (Fsp3) is 0.500. The van der Waals surface area contributed by atoms with Crippen LogP contribution < -0.4 is 23.6 Å². The van der Waals surface area contributed by atoms with Gasteiger partial charge < -0.3 is 4.74 Å². The van der Waals surface area contributed by atoms with Crippen LogP contribution in [0.25, 0.3) is 0 Å². The number of hydrogen-bond donors (Lipinski definition) is 0. The minimum Gasteiger partial charge on any atom is -0.517 e. The molecule has 88 valence electrons. The van der Waals surface area contributed by atoms with E-state index in [0.717, 1.165) is 6.54 Å². The maximum absolute atomic E-state index is 5.97. The summed E-state index contributed by atoms with van der Waals surface area (Å²) >= 11 is 11.7. The first-order chi connectivity index (χ1) is 7.75. The zero-order chi connectivity index (χ0) is 11.4. The van der Waals surface area contributed by atoms with Crippen molar-refractivity contribution in [1.82, 2.24) is 4.90 Å². The third kappa shape index (κ3) is 4.73. The fourth-order valence-electron chi connectivity index (χ4n) is 1.83. The van der Waals surface area contributed by atoms with Crippen molar-refractivity contribution in [3.63, 3.8) is 0 Å². The summed E-state index contributed by atoms with van der Waals surface area (Å²) in [6.07, 6.45) is 2.60. The molecule has 1 aromatic rings. The van der Waals surface area contributed by atoms with Crippen LogP contribution in [0.5, 0.6) is 5.75 Å². The van der Waals surface area contributed by atoms with Gasteiger partial charge in [0.2, 0.25) is 0 Å². The second-order valence-corrected chi connectivity index (χ2v) is 4.74. The van der Waals surface area contributed by atoms with Crippen molar-refractivity contribution < 1.29 is 23.6 Å². The van der Waals surface area contributed by atoms with Crippen LogP contribution in [0.4, 0.5) is 0 Å². The summed E-state index contributed by atoms with van der Waals surface area (Å²) < 4.78 is 5.57. The average molecular weight is 266 g/mol. The minimum absolute atomic E-state index is 0. The number of nitrogens with zero attached hydrogens (tertiary/aromatic N) is 1. The Kier molecular flexibility index (Phi) is 6.77. The van der Waals surface area contributed by atoms with Crippen molar-refractivity contribution in [1.29, 1.82) is 0 Å². The molecule has 2 nitrogen and oxygen atoms in total. The molecule has 1 aliphatic rings. The predicted molar refractivity (Wildman–Crippen MR) is 66.5 cm³/mol. The van der Waals surface area contributed by atoms with Crippen LogP contribution in [-0.4, -0.2) is 31.1 Å². The zero-order valence-corrected chi connectivity index (χ0v) is 11.5. The zero-order valence-electron chi connectivity index (χ0n) is 10.0. The van der Waals surface area contributed by atoms with Gasteiger partial charge in [-0.1, -0.05) is 5.02 Å². The molecule has 0 N–H and O–H groups in total. The molecule has 5 heteroatoms. The molecule has 17 heavy (non-hydrogen) atoms. The van der Waals surface area contributed by atoms with Gasteiger partial charge in [0.1, 0.15) is 0 Å². The first kappa shape index (κ1) is 15.2. The second kappa shape index (κ2) is 7.56. The van der Waals surface area contributed by atoms with E-state index in [1.807, 2.05) is 0 Å². The quantitative estimate of drug-likeness (QED) is 0.573. The van der Waals surface area contributed by atoms with E-state index in [9.17, 15) is 0 Å². The molecule has 0 aliphatic carbocycles. The monoisotopic (exact) mass is 265 g/mol. The molecule has 0 bridgehead atoms. The Morgan fingerprint density at radius 3 is 2.65 bits per heavy atom. The van der Waals surface area contributed by atoms with Crippen molar-refractivity contribution in [3.8, 4) is 5.75 Å². The van der Waals surface area contributed by atoms with Crippen LogP contribution in [0.1, 0.15) is 12.8 Å². The Morgan fingerprint density at radius 2 is 2.00 bits per heavy atom. The van der Waals surface area contributed by atoms with Crippen molar-refractivity contribution >= 4 is 23.2 Å². The summed E-state index contributed by atoms with van der Waals surface area (Å²) in [6, 6.07) is 6.26. The maximum Gasteiger partial charge on any atom is 1.00 e. The SMILES string of the molecule is Clc1c[c-]c(OCCN2CCCC2)c(Cl)c1.[Li+]. The molecule has 1 fully saturated rings. The Morgan fingerprint density at radius 1 is 1.29 bits per heavy atom. The number of ether oxygens (including phenoxy) is 1. The van der Waals surface area contributed by atoms with Crippen LogP contribution in [0.15, 0.2) is 12.1 Å². The van der Waals surface area contributed by atoms with E-state index in [-0.39, 0.29) is 18.9 Å². The van der Waals surface area contributed by atoms with E-state index in [4.69, 9.17) is 27.9 Å². The van der Waals surface area contributed by atoms with Gasteiger partial charge in [-0.3, -0.25) is 4.90 Å². The van der Waals surface area contributed by atoms with Gasteiger partial charge in [-0.25, -0.2) is 0 Å². The van der Waals surface area contributed by atoms with E-state index >= 15 is 0 Å². The van der Waals surface area contributed by atoms with Gasteiger partial charge in [0.15, 0.2) is 0 Å². The third-order valence-corrected chi connectivity index (χ3v) is 3.17. The van der Waals surface area contributed by atoms with Gasteiger partial charge in [-0.2, -0.15) is 29.3 Å². The molecule has 1 aromatic carbocycles. The Hall–Kier alpha value is 0.157. The van der Waals surface area contributed by atoms with E-state index in [1.165, 1.54) is 25.9 Å². The van der Waals surface area contributed by atoms with Crippen LogP contribution in [-0.2, 0) is 0 Å². The molecular formula is C12H14Cl2LiNO. The molecule has 0 spiro atoms. The van der Waals surface area contributed by atoms with Gasteiger partial charge in [0.25, 0.3) is 0 Å². The topological polar surface area (TPSA) is 12.5 Å². The van der Waals surface area contributed by atoms with Crippen molar-refractivity contribution in [2.24, 2.45) is 0 Å². The summed E-state index contributed by atoms with van der Waals surface area (Å²) in [4.78, 5) is 2.39. The molecule has 0 atom stereocenters. The summed E-state index contributed by atoms with van der Waals surface area (Å²) in [7, 11) is 0. The van der Waals surface area contributed by atoms with Gasteiger partial charge in [-0.05, 0) is 31.0 Å². The molecule has 0 radical (unpaired) electrons. The smallest absolute Gasteiger partial charge is 0.517 e. The minimum atomic E-state index is 0. The van der Waals surface area contributed by atoms with E-state index < -0.39 is 0 Å². The maximum atomic E-state index is 5.97. The molecule has 0 unspecified atom stereocenters. The van der Waals surface area contributed by atoms with Gasteiger partial charge in [0, 0.05) is 12.3 Å². The van der Waals surface area contributed by atoms with Gasteiger partial charge >= 0.3 is 18.9 Å². The van der Waals surface area contributed by atoms with Gasteiger partial charge in [0.05, 0.1) is 6.61 Å². The Balaban J connectivity index is 0.00000144. The van der Waals surface area contributed by atoms with Crippen molar-refractivity contribution in [3.05, 3.63) is 28.2 Å². The molecule has 0 saturated carbocycles. The predicted octanol–water partition coefficient (Wildman–Crippen LogP) is 0.272. The summed E-state index contributed by atoms with van der Waals surface area (Å²) in [5, 5.41) is 1.10. The van der Waals surface area contributed by atoms with E-state index in [0.29, 0.717) is 22.4 Å². The molecular weight excluding hydrogens is 252 g/mol.